The van der Waals surface area contributed by atoms with E-state index < -0.39 is 42.2 Å². The monoisotopic (exact) mass is 764 g/mol. The number of aryl methyl sites for hydroxylation is 1. The molecule has 8 rings (SSSR count). The van der Waals surface area contributed by atoms with Crippen LogP contribution in [0.5, 0.6) is 17.2 Å². The Morgan fingerprint density at radius 3 is 2.71 bits per heavy atom. The maximum Gasteiger partial charge on any atom is 0.336 e. The highest BCUT2D eigenvalue weighted by Gasteiger charge is 2.53. The summed E-state index contributed by atoms with van der Waals surface area (Å²) in [4.78, 5) is 27.7. The van der Waals surface area contributed by atoms with Crippen LogP contribution in [0.1, 0.15) is 67.0 Å². The van der Waals surface area contributed by atoms with E-state index in [2.05, 4.69) is 16.7 Å². The van der Waals surface area contributed by atoms with Gasteiger partial charge in [0.15, 0.2) is 5.43 Å². The molecular formula is C43H48N4O9. The molecule has 56 heavy (non-hydrogen) atoms. The Labute approximate surface area is 323 Å². The molecule has 0 radical (unpaired) electrons. The van der Waals surface area contributed by atoms with Gasteiger partial charge in [-0.05, 0) is 97.9 Å². The average Bonchev–Trinajstić information content (AvgIpc) is 3.23. The van der Waals surface area contributed by atoms with E-state index in [0.29, 0.717) is 50.0 Å². The van der Waals surface area contributed by atoms with E-state index in [1.54, 1.807) is 19.1 Å². The molecule has 1 aliphatic carbocycles. The normalized spacial score (nSPS) is 26.9. The molecule has 0 fully saturated rings. The van der Waals surface area contributed by atoms with Gasteiger partial charge in [-0.1, -0.05) is 24.3 Å². The second-order valence-corrected chi connectivity index (χ2v) is 15.6. The largest absolute Gasteiger partial charge is 0.508 e. The van der Waals surface area contributed by atoms with Gasteiger partial charge < -0.3 is 56.4 Å². The van der Waals surface area contributed by atoms with Crippen molar-refractivity contribution in [3.63, 3.8) is 0 Å². The van der Waals surface area contributed by atoms with Gasteiger partial charge in [0.2, 0.25) is 0 Å². The number of esters is 1. The number of nitrogens with one attached hydrogen (secondary N) is 2. The fraction of sp³-hybridized carbons (Fsp3) is 0.395. The lowest BCUT2D eigenvalue weighted by Crippen LogP contribution is -2.57. The smallest absolute Gasteiger partial charge is 0.336 e. The molecule has 10 N–H and O–H groups in total. The van der Waals surface area contributed by atoms with Crippen LogP contribution in [-0.4, -0.2) is 57.4 Å². The zero-order valence-electron chi connectivity index (χ0n) is 31.4. The zero-order valence-corrected chi connectivity index (χ0v) is 31.4. The molecule has 0 saturated carbocycles. The molecule has 5 heterocycles. The molecule has 13 heteroatoms. The average molecular weight is 765 g/mol. The Kier molecular flexibility index (Phi) is 9.71. The van der Waals surface area contributed by atoms with Crippen molar-refractivity contribution in [2.45, 2.75) is 82.8 Å². The lowest BCUT2D eigenvalue weighted by molar-refractivity contribution is -0.166. The molecule has 0 amide bonds. The molecule has 3 aromatic rings. The van der Waals surface area contributed by atoms with Crippen LogP contribution < -0.4 is 32.3 Å². The number of ether oxygens (including phenoxy) is 2. The maximum atomic E-state index is 14.0. The van der Waals surface area contributed by atoms with Crippen molar-refractivity contribution < 1.29 is 39.1 Å². The van der Waals surface area contributed by atoms with Crippen LogP contribution in [-0.2, 0) is 35.4 Å². The highest BCUT2D eigenvalue weighted by atomic mass is 16.6. The molecule has 5 aliphatic rings. The number of allylic oxidation sites excluding steroid dienone is 5. The third kappa shape index (κ3) is 6.33. The molecule has 4 bridgehead atoms. The van der Waals surface area contributed by atoms with Gasteiger partial charge in [-0.2, -0.15) is 0 Å². The summed E-state index contributed by atoms with van der Waals surface area (Å²) in [6.45, 7) is 2.90. The summed E-state index contributed by atoms with van der Waals surface area (Å²) in [5.74, 6) is -1.24. The van der Waals surface area contributed by atoms with E-state index in [9.17, 15) is 30.0 Å². The predicted molar refractivity (Wildman–Crippen MR) is 208 cm³/mol. The first kappa shape index (κ1) is 37.4. The van der Waals surface area contributed by atoms with Crippen LogP contribution in [0, 0.1) is 11.8 Å². The van der Waals surface area contributed by atoms with Crippen molar-refractivity contribution in [1.29, 1.82) is 0 Å². The SMILES string of the molecule is C/C=C(/CO)C(=O)O[C@@H]1Cc2c3c(c4oc(CO)cc(=O)c4c2O)[C@H]2Cc4cc(O)ccc4CC[C@@H](C[C@H](CC4=CNC(N)C=C4)[C@]1(C)O3)C1=C(N)NCC=C12. The van der Waals surface area contributed by atoms with Crippen molar-refractivity contribution in [1.82, 2.24) is 10.6 Å². The summed E-state index contributed by atoms with van der Waals surface area (Å²) in [5.41, 5.74) is 16.9. The molecular weight excluding hydrogens is 716 g/mol. The Morgan fingerprint density at radius 1 is 1.16 bits per heavy atom. The third-order valence-electron chi connectivity index (χ3n) is 12.4. The first-order valence-electron chi connectivity index (χ1n) is 19.2. The number of nitrogens with two attached hydrogens (primary N) is 2. The second kappa shape index (κ2) is 14.5. The minimum Gasteiger partial charge on any atom is -0.508 e. The lowest BCUT2D eigenvalue weighted by Gasteiger charge is -2.49. The Bertz CT molecular complexity index is 2340. The Hall–Kier alpha value is -5.50. The van der Waals surface area contributed by atoms with E-state index in [-0.39, 0.29) is 69.5 Å². The standard InChI is InChI=1S/C43H48N4O9/c1-3-22(19-48)42(53)55-33-17-31-38(52)37-32(51)16-28(20-49)54-40(37)36-30-15-25-14-27(50)8-7-23(25)5-6-24(35-29(30)10-11-46-41(35)45)13-26(43(33,2)56-39(31)36)12-21-4-9-34(44)47-18-21/h3-4,7-10,14,16,18,24,26,30,33-34,46-50,52H,5-6,11-13,15,17,19-20,44-45H2,1-2H3/b22-3-/t24-,26-,30-,33+,34?,43-/m0/s1. The van der Waals surface area contributed by atoms with E-state index >= 15 is 0 Å². The van der Waals surface area contributed by atoms with Crippen LogP contribution in [0.15, 0.2) is 92.1 Å². The number of aliphatic hydroxyl groups is 2. The molecule has 1 unspecified atom stereocenters. The number of phenols is 2. The van der Waals surface area contributed by atoms with E-state index in [1.165, 1.54) is 6.08 Å². The number of carbonyl (C=O) groups is 1. The zero-order chi connectivity index (χ0) is 39.5. The number of benzene rings is 2. The summed E-state index contributed by atoms with van der Waals surface area (Å²) < 4.78 is 20.0. The number of hydrogen-bond donors (Lipinski definition) is 8. The number of rotatable bonds is 6. The van der Waals surface area contributed by atoms with Crippen molar-refractivity contribution in [3.05, 3.63) is 121 Å². The van der Waals surface area contributed by atoms with Gasteiger partial charge in [-0.3, -0.25) is 4.79 Å². The lowest BCUT2D eigenvalue weighted by atomic mass is 9.67. The van der Waals surface area contributed by atoms with E-state index in [4.69, 9.17) is 25.4 Å². The highest BCUT2D eigenvalue weighted by Crippen LogP contribution is 2.56. The summed E-state index contributed by atoms with van der Waals surface area (Å²) in [5, 5.41) is 49.7. The number of fused-ring (bicyclic) bond motifs is 5. The molecule has 0 spiro atoms. The number of aliphatic hydroxyl groups excluding tert-OH is 2. The molecule has 0 saturated heterocycles. The number of carbonyl (C=O) groups excluding carboxylic acids is 1. The third-order valence-corrected chi connectivity index (χ3v) is 12.4. The fourth-order valence-electron chi connectivity index (χ4n) is 9.41. The number of phenolic OH excluding ortho intramolecular Hbond substituents is 2. The van der Waals surface area contributed by atoms with Gasteiger partial charge in [0.05, 0.1) is 18.3 Å². The fourth-order valence-corrected chi connectivity index (χ4v) is 9.41. The number of hydrogen-bond acceptors (Lipinski definition) is 13. The Morgan fingerprint density at radius 2 is 1.98 bits per heavy atom. The van der Waals surface area contributed by atoms with Crippen molar-refractivity contribution in [2.75, 3.05) is 13.2 Å². The second-order valence-electron chi connectivity index (χ2n) is 15.6. The maximum absolute atomic E-state index is 14.0. The Balaban J connectivity index is 1.47. The first-order chi connectivity index (χ1) is 26.9. The van der Waals surface area contributed by atoms with Gasteiger partial charge >= 0.3 is 5.97 Å². The molecule has 1 aromatic heterocycles. The van der Waals surface area contributed by atoms with Crippen LogP contribution >= 0.6 is 0 Å². The summed E-state index contributed by atoms with van der Waals surface area (Å²) in [6.07, 6.45) is 10.7. The van der Waals surface area contributed by atoms with Gasteiger partial charge in [0.25, 0.3) is 0 Å². The summed E-state index contributed by atoms with van der Waals surface area (Å²) in [6, 6.07) is 6.56. The molecule has 6 atom stereocenters. The molecule has 13 nitrogen and oxygen atoms in total. The number of dihydropyridines is 2. The summed E-state index contributed by atoms with van der Waals surface area (Å²) >= 11 is 0. The van der Waals surface area contributed by atoms with Gasteiger partial charge in [-0.25, -0.2) is 4.79 Å². The van der Waals surface area contributed by atoms with Gasteiger partial charge in [-0.15, -0.1) is 0 Å². The molecule has 2 aromatic carbocycles. The van der Waals surface area contributed by atoms with E-state index in [1.807, 2.05) is 31.3 Å². The topological polar surface area (TPSA) is 223 Å². The minimum absolute atomic E-state index is 0.0108. The van der Waals surface area contributed by atoms with Crippen LogP contribution in [0.4, 0.5) is 0 Å². The van der Waals surface area contributed by atoms with Gasteiger partial charge in [0, 0.05) is 48.2 Å². The molecule has 4 aliphatic heterocycles. The van der Waals surface area contributed by atoms with E-state index in [0.717, 1.165) is 33.9 Å². The quantitative estimate of drug-likeness (QED) is 0.133. The summed E-state index contributed by atoms with van der Waals surface area (Å²) in [7, 11) is 0. The molecule has 294 valence electrons. The van der Waals surface area contributed by atoms with Crippen molar-refractivity contribution in [3.8, 4) is 17.2 Å². The first-order valence-corrected chi connectivity index (χ1v) is 19.2. The van der Waals surface area contributed by atoms with Crippen molar-refractivity contribution >= 4 is 16.9 Å². The highest BCUT2D eigenvalue weighted by molar-refractivity contribution is 5.92. The van der Waals surface area contributed by atoms with Crippen LogP contribution in [0.25, 0.3) is 11.0 Å². The van der Waals surface area contributed by atoms with Crippen LogP contribution in [0.3, 0.4) is 0 Å². The predicted octanol–water partition coefficient (Wildman–Crippen LogP) is 3.57. The van der Waals surface area contributed by atoms with Crippen molar-refractivity contribution in [2.24, 2.45) is 23.3 Å². The van der Waals surface area contributed by atoms with Gasteiger partial charge in [0.1, 0.15) is 58.1 Å². The van der Waals surface area contributed by atoms with Crippen LogP contribution in [0.2, 0.25) is 0 Å². The minimum atomic E-state index is -1.27. The number of aromatic hydroxyl groups is 2.